The minimum absolute atomic E-state index is 0.00704. The Bertz CT molecular complexity index is 826. The van der Waals surface area contributed by atoms with E-state index in [-0.39, 0.29) is 17.6 Å². The van der Waals surface area contributed by atoms with Crippen LogP contribution in [0, 0.1) is 11.6 Å². The van der Waals surface area contributed by atoms with E-state index in [1.165, 1.54) is 0 Å². The van der Waals surface area contributed by atoms with Gasteiger partial charge in [0.2, 0.25) is 5.43 Å². The Morgan fingerprint density at radius 1 is 1.27 bits per heavy atom. The Labute approximate surface area is 125 Å². The molecule has 0 aliphatic carbocycles. The van der Waals surface area contributed by atoms with Crippen molar-refractivity contribution in [2.75, 3.05) is 6.61 Å². The zero-order chi connectivity index (χ0) is 15.9. The number of aryl methyl sites for hydroxylation is 1. The summed E-state index contributed by atoms with van der Waals surface area (Å²) in [4.78, 5) is 24.7. The summed E-state index contributed by atoms with van der Waals surface area (Å²) in [5.41, 5.74) is 0.223. The van der Waals surface area contributed by atoms with Crippen molar-refractivity contribution < 1.29 is 18.3 Å². The number of esters is 1. The number of halogens is 2. The van der Waals surface area contributed by atoms with E-state index in [2.05, 4.69) is 0 Å². The molecule has 1 aliphatic rings. The van der Waals surface area contributed by atoms with E-state index in [4.69, 9.17) is 4.74 Å². The van der Waals surface area contributed by atoms with E-state index >= 15 is 0 Å². The van der Waals surface area contributed by atoms with Gasteiger partial charge in [0.05, 0.1) is 12.1 Å². The third-order valence-electron chi connectivity index (χ3n) is 3.94. The number of hydrogen-bond donors (Lipinski definition) is 0. The number of hydrogen-bond acceptors (Lipinski definition) is 3. The number of fused-ring (bicyclic) bond motifs is 3. The molecular weight excluding hydrogens is 292 g/mol. The SMILES string of the molecule is CCOC(=O)c1c2n(c3cc(F)c(F)cc3c1=O)CCCC2. The number of carbonyl (C=O) groups excluding carboxylic acids is 1. The van der Waals surface area contributed by atoms with E-state index in [0.29, 0.717) is 24.2 Å². The molecule has 1 aliphatic heterocycles. The van der Waals surface area contributed by atoms with Crippen LogP contribution < -0.4 is 5.43 Å². The van der Waals surface area contributed by atoms with Gasteiger partial charge in [0, 0.05) is 23.7 Å². The molecule has 0 bridgehead atoms. The Balaban J connectivity index is 2.41. The van der Waals surface area contributed by atoms with E-state index in [9.17, 15) is 18.4 Å². The Hall–Kier alpha value is -2.24. The number of nitrogens with zero attached hydrogens (tertiary/aromatic N) is 1. The summed E-state index contributed by atoms with van der Waals surface area (Å²) in [7, 11) is 0. The molecule has 2 aromatic rings. The number of ether oxygens (including phenoxy) is 1. The van der Waals surface area contributed by atoms with Crippen LogP contribution in [0.5, 0.6) is 0 Å². The highest BCUT2D eigenvalue weighted by atomic mass is 19.2. The summed E-state index contributed by atoms with van der Waals surface area (Å²) >= 11 is 0. The molecule has 0 unspecified atom stereocenters. The summed E-state index contributed by atoms with van der Waals surface area (Å²) < 4.78 is 33.7. The summed E-state index contributed by atoms with van der Waals surface area (Å²) in [5, 5.41) is 0.00704. The largest absolute Gasteiger partial charge is 0.462 e. The topological polar surface area (TPSA) is 48.3 Å². The van der Waals surface area contributed by atoms with Crippen LogP contribution in [0.4, 0.5) is 8.78 Å². The van der Waals surface area contributed by atoms with E-state index in [0.717, 1.165) is 25.0 Å². The summed E-state index contributed by atoms with van der Waals surface area (Å²) in [6.45, 7) is 2.36. The van der Waals surface area contributed by atoms with Gasteiger partial charge in [0.25, 0.3) is 0 Å². The molecular formula is C16H15F2NO3. The summed E-state index contributed by atoms with van der Waals surface area (Å²) in [5.74, 6) is -2.81. The van der Waals surface area contributed by atoms with Crippen LogP contribution >= 0.6 is 0 Å². The van der Waals surface area contributed by atoms with Crippen molar-refractivity contribution in [3.8, 4) is 0 Å². The zero-order valence-corrected chi connectivity index (χ0v) is 12.1. The highest BCUT2D eigenvalue weighted by molar-refractivity contribution is 5.95. The van der Waals surface area contributed by atoms with Crippen molar-refractivity contribution in [2.45, 2.75) is 32.7 Å². The average Bonchev–Trinajstić information content (AvgIpc) is 2.50. The Kier molecular flexibility index (Phi) is 3.68. The molecule has 1 aromatic carbocycles. The lowest BCUT2D eigenvalue weighted by Gasteiger charge is -2.23. The summed E-state index contributed by atoms with van der Waals surface area (Å²) in [6, 6.07) is 1.88. The molecule has 4 nitrogen and oxygen atoms in total. The van der Waals surface area contributed by atoms with Gasteiger partial charge in [-0.2, -0.15) is 0 Å². The molecule has 1 aromatic heterocycles. The maximum atomic E-state index is 13.5. The van der Waals surface area contributed by atoms with Crippen LogP contribution in [0.2, 0.25) is 0 Å². The van der Waals surface area contributed by atoms with Gasteiger partial charge in [-0.25, -0.2) is 13.6 Å². The first-order valence-corrected chi connectivity index (χ1v) is 7.26. The first-order chi connectivity index (χ1) is 10.5. The fourth-order valence-corrected chi connectivity index (χ4v) is 2.98. The van der Waals surface area contributed by atoms with Crippen LogP contribution in [0.3, 0.4) is 0 Å². The van der Waals surface area contributed by atoms with Gasteiger partial charge in [0.15, 0.2) is 11.6 Å². The molecule has 0 saturated carbocycles. The molecule has 0 amide bonds. The highest BCUT2D eigenvalue weighted by Gasteiger charge is 2.25. The third-order valence-corrected chi connectivity index (χ3v) is 3.94. The van der Waals surface area contributed by atoms with Crippen LogP contribution in [0.15, 0.2) is 16.9 Å². The Morgan fingerprint density at radius 2 is 2.00 bits per heavy atom. The third kappa shape index (κ3) is 2.19. The van der Waals surface area contributed by atoms with Gasteiger partial charge < -0.3 is 9.30 Å². The normalized spacial score (nSPS) is 14.0. The van der Waals surface area contributed by atoms with Crippen LogP contribution in [0.25, 0.3) is 10.9 Å². The monoisotopic (exact) mass is 307 g/mol. The number of carbonyl (C=O) groups is 1. The van der Waals surface area contributed by atoms with Crippen molar-refractivity contribution in [3.05, 3.63) is 45.2 Å². The average molecular weight is 307 g/mol. The van der Waals surface area contributed by atoms with Crippen LogP contribution in [-0.4, -0.2) is 17.1 Å². The van der Waals surface area contributed by atoms with Crippen molar-refractivity contribution in [1.82, 2.24) is 4.57 Å². The van der Waals surface area contributed by atoms with Gasteiger partial charge in [-0.05, 0) is 32.3 Å². The second-order valence-electron chi connectivity index (χ2n) is 5.26. The minimum atomic E-state index is -1.10. The number of benzene rings is 1. The molecule has 0 saturated heterocycles. The lowest BCUT2D eigenvalue weighted by molar-refractivity contribution is 0.0522. The second-order valence-corrected chi connectivity index (χ2v) is 5.26. The van der Waals surface area contributed by atoms with Crippen LogP contribution in [-0.2, 0) is 17.7 Å². The fourth-order valence-electron chi connectivity index (χ4n) is 2.98. The predicted molar refractivity (Wildman–Crippen MR) is 77.0 cm³/mol. The maximum absolute atomic E-state index is 13.5. The smallest absolute Gasteiger partial charge is 0.343 e. The molecule has 22 heavy (non-hydrogen) atoms. The highest BCUT2D eigenvalue weighted by Crippen LogP contribution is 2.25. The van der Waals surface area contributed by atoms with Crippen molar-refractivity contribution >= 4 is 16.9 Å². The molecule has 3 rings (SSSR count). The zero-order valence-electron chi connectivity index (χ0n) is 12.1. The quantitative estimate of drug-likeness (QED) is 0.802. The molecule has 0 radical (unpaired) electrons. The molecule has 0 spiro atoms. The summed E-state index contributed by atoms with van der Waals surface area (Å²) in [6.07, 6.45) is 2.23. The fraction of sp³-hybridized carbons (Fsp3) is 0.375. The number of pyridine rings is 1. The first-order valence-electron chi connectivity index (χ1n) is 7.26. The Morgan fingerprint density at radius 3 is 2.73 bits per heavy atom. The van der Waals surface area contributed by atoms with Gasteiger partial charge in [-0.1, -0.05) is 0 Å². The standard InChI is InChI=1S/C16H15F2NO3/c1-2-22-16(21)14-12-5-3-4-6-19(12)13-8-11(18)10(17)7-9(13)15(14)20/h7-8H,2-6H2,1H3. The molecule has 0 fully saturated rings. The molecule has 0 N–H and O–H groups in total. The van der Waals surface area contributed by atoms with Gasteiger partial charge in [-0.15, -0.1) is 0 Å². The lowest BCUT2D eigenvalue weighted by atomic mass is 9.99. The maximum Gasteiger partial charge on any atom is 0.343 e. The van der Waals surface area contributed by atoms with E-state index in [1.807, 2.05) is 0 Å². The second kappa shape index (κ2) is 5.51. The minimum Gasteiger partial charge on any atom is -0.462 e. The molecule has 116 valence electrons. The van der Waals surface area contributed by atoms with Crippen molar-refractivity contribution in [3.63, 3.8) is 0 Å². The molecule has 0 atom stereocenters. The predicted octanol–water partition coefficient (Wildman–Crippen LogP) is 2.79. The molecule has 2 heterocycles. The number of aromatic nitrogens is 1. The van der Waals surface area contributed by atoms with Crippen molar-refractivity contribution in [1.29, 1.82) is 0 Å². The van der Waals surface area contributed by atoms with Gasteiger partial charge in [0.1, 0.15) is 5.56 Å². The van der Waals surface area contributed by atoms with Crippen LogP contribution in [0.1, 0.15) is 35.8 Å². The lowest BCUT2D eigenvalue weighted by Crippen LogP contribution is -2.28. The first kappa shape index (κ1) is 14.7. The van der Waals surface area contributed by atoms with Crippen molar-refractivity contribution in [2.24, 2.45) is 0 Å². The number of rotatable bonds is 2. The van der Waals surface area contributed by atoms with E-state index in [1.54, 1.807) is 11.5 Å². The van der Waals surface area contributed by atoms with E-state index < -0.39 is 23.0 Å². The molecule has 6 heteroatoms. The van der Waals surface area contributed by atoms with Gasteiger partial charge in [-0.3, -0.25) is 4.79 Å². The van der Waals surface area contributed by atoms with Gasteiger partial charge >= 0.3 is 5.97 Å².